The number of nitrogens with zero attached hydrogens (tertiary/aromatic N) is 1. The molecule has 69 valence electrons. The molecule has 1 radical (unpaired) electrons. The Morgan fingerprint density at radius 1 is 1.08 bits per heavy atom. The topological polar surface area (TPSA) is 3.24 Å². The van der Waals surface area contributed by atoms with Gasteiger partial charge in [-0.1, -0.05) is 30.3 Å². The molecule has 0 amide bonds. The molecule has 13 heavy (non-hydrogen) atoms. The van der Waals surface area contributed by atoms with Crippen molar-refractivity contribution in [1.82, 2.24) is 4.90 Å². The summed E-state index contributed by atoms with van der Waals surface area (Å²) in [6.45, 7) is 6.64. The normalized spacial score (nSPS) is 20.4. The predicted molar refractivity (Wildman–Crippen MR) is 55.3 cm³/mol. The molecule has 0 saturated carbocycles. The molecule has 1 heterocycles. The number of benzene rings is 1. The van der Waals surface area contributed by atoms with Gasteiger partial charge in [0.2, 0.25) is 0 Å². The average Bonchev–Trinajstić information content (AvgIpc) is 2.71. The van der Waals surface area contributed by atoms with E-state index in [0.29, 0.717) is 6.04 Å². The second-order valence-corrected chi connectivity index (χ2v) is 3.67. The van der Waals surface area contributed by atoms with E-state index in [9.17, 15) is 0 Å². The third-order valence-corrected chi connectivity index (χ3v) is 2.77. The maximum absolute atomic E-state index is 4.22. The summed E-state index contributed by atoms with van der Waals surface area (Å²) in [4.78, 5) is 2.45. The summed E-state index contributed by atoms with van der Waals surface area (Å²) in [7, 11) is 0. The first kappa shape index (κ1) is 8.76. The molecule has 1 saturated heterocycles. The predicted octanol–water partition coefficient (Wildman–Crippen LogP) is 2.66. The average molecular weight is 174 g/mol. The van der Waals surface area contributed by atoms with Gasteiger partial charge in [-0.2, -0.15) is 0 Å². The van der Waals surface area contributed by atoms with Crippen molar-refractivity contribution in [2.24, 2.45) is 0 Å². The van der Waals surface area contributed by atoms with Gasteiger partial charge in [-0.3, -0.25) is 4.90 Å². The van der Waals surface area contributed by atoms with Gasteiger partial charge in [-0.05, 0) is 38.4 Å². The Morgan fingerprint density at radius 2 is 1.69 bits per heavy atom. The van der Waals surface area contributed by atoms with Crippen LogP contribution in [0.1, 0.15) is 24.4 Å². The summed E-state index contributed by atoms with van der Waals surface area (Å²) < 4.78 is 0. The lowest BCUT2D eigenvalue weighted by molar-refractivity contribution is 0.286. The van der Waals surface area contributed by atoms with Crippen molar-refractivity contribution in [2.75, 3.05) is 13.1 Å². The number of likely N-dealkylation sites (tertiary alicyclic amines) is 1. The molecule has 1 aliphatic heterocycles. The highest BCUT2D eigenvalue weighted by Crippen LogP contribution is 2.23. The molecular weight excluding hydrogens is 158 g/mol. The molecule has 2 rings (SSSR count). The van der Waals surface area contributed by atoms with Gasteiger partial charge in [0.1, 0.15) is 0 Å². The highest BCUT2D eigenvalue weighted by atomic mass is 15.2. The van der Waals surface area contributed by atoms with E-state index >= 15 is 0 Å². The third-order valence-electron chi connectivity index (χ3n) is 2.77. The number of rotatable bonds is 2. The van der Waals surface area contributed by atoms with Crippen LogP contribution in [0.4, 0.5) is 0 Å². The van der Waals surface area contributed by atoms with Gasteiger partial charge >= 0.3 is 0 Å². The molecule has 1 aromatic carbocycles. The molecule has 0 spiro atoms. The van der Waals surface area contributed by atoms with Crippen LogP contribution in [0.15, 0.2) is 30.3 Å². The Kier molecular flexibility index (Phi) is 2.65. The van der Waals surface area contributed by atoms with E-state index in [0.717, 1.165) is 0 Å². The SMILES string of the molecule is [CH2]C(c1ccccc1)N1CCCC1. The molecule has 1 aliphatic rings. The fraction of sp³-hybridized carbons (Fsp3) is 0.417. The van der Waals surface area contributed by atoms with Crippen LogP contribution in [0.3, 0.4) is 0 Å². The van der Waals surface area contributed by atoms with Crippen molar-refractivity contribution >= 4 is 0 Å². The quantitative estimate of drug-likeness (QED) is 0.666. The summed E-state index contributed by atoms with van der Waals surface area (Å²) in [5.74, 6) is 0. The first-order valence-electron chi connectivity index (χ1n) is 5.00. The molecule has 0 aromatic heterocycles. The Morgan fingerprint density at radius 3 is 2.31 bits per heavy atom. The van der Waals surface area contributed by atoms with Gasteiger partial charge in [0.15, 0.2) is 0 Å². The summed E-state index contributed by atoms with van der Waals surface area (Å²) in [6.07, 6.45) is 2.66. The minimum Gasteiger partial charge on any atom is -0.296 e. The van der Waals surface area contributed by atoms with E-state index in [1.54, 1.807) is 0 Å². The van der Waals surface area contributed by atoms with Crippen molar-refractivity contribution in [1.29, 1.82) is 0 Å². The maximum atomic E-state index is 4.22. The highest BCUT2D eigenvalue weighted by Gasteiger charge is 2.18. The van der Waals surface area contributed by atoms with Crippen LogP contribution in [-0.2, 0) is 0 Å². The molecule has 1 fully saturated rings. The number of hydrogen-bond donors (Lipinski definition) is 0. The van der Waals surface area contributed by atoms with E-state index in [-0.39, 0.29) is 0 Å². The van der Waals surface area contributed by atoms with Crippen molar-refractivity contribution < 1.29 is 0 Å². The third kappa shape index (κ3) is 1.92. The molecule has 0 bridgehead atoms. The zero-order valence-electron chi connectivity index (χ0n) is 7.95. The van der Waals surface area contributed by atoms with Gasteiger partial charge in [0.25, 0.3) is 0 Å². The fourth-order valence-corrected chi connectivity index (χ4v) is 1.94. The Bertz CT molecular complexity index is 249. The maximum Gasteiger partial charge on any atom is 0.0348 e. The summed E-state index contributed by atoms with van der Waals surface area (Å²) >= 11 is 0. The standard InChI is InChI=1S/C12H16N/c1-11(13-9-5-6-10-13)12-7-3-2-4-8-12/h2-4,7-8,11H,1,5-6,9-10H2. The lowest BCUT2D eigenvalue weighted by Crippen LogP contribution is -2.23. The van der Waals surface area contributed by atoms with Crippen molar-refractivity contribution in [3.8, 4) is 0 Å². The smallest absolute Gasteiger partial charge is 0.0348 e. The highest BCUT2D eigenvalue weighted by molar-refractivity contribution is 5.20. The second-order valence-electron chi connectivity index (χ2n) is 3.67. The lowest BCUT2D eigenvalue weighted by Gasteiger charge is -2.23. The second kappa shape index (κ2) is 3.93. The molecule has 0 aliphatic carbocycles. The zero-order valence-corrected chi connectivity index (χ0v) is 7.95. The van der Waals surface area contributed by atoms with Gasteiger partial charge in [0, 0.05) is 6.04 Å². The van der Waals surface area contributed by atoms with E-state index in [4.69, 9.17) is 0 Å². The van der Waals surface area contributed by atoms with Crippen LogP contribution in [-0.4, -0.2) is 18.0 Å². The fourth-order valence-electron chi connectivity index (χ4n) is 1.94. The summed E-state index contributed by atoms with van der Waals surface area (Å²) in [5, 5.41) is 0. The molecule has 1 atom stereocenters. The van der Waals surface area contributed by atoms with Crippen molar-refractivity contribution in [2.45, 2.75) is 18.9 Å². The monoisotopic (exact) mass is 174 g/mol. The molecule has 1 heteroatoms. The number of hydrogen-bond acceptors (Lipinski definition) is 1. The van der Waals surface area contributed by atoms with Crippen LogP contribution in [0.25, 0.3) is 0 Å². The summed E-state index contributed by atoms with van der Waals surface area (Å²) in [6, 6.07) is 10.9. The summed E-state index contributed by atoms with van der Waals surface area (Å²) in [5.41, 5.74) is 1.34. The minimum absolute atomic E-state index is 0.351. The van der Waals surface area contributed by atoms with Crippen molar-refractivity contribution in [3.05, 3.63) is 42.8 Å². The Labute approximate surface area is 80.4 Å². The molecule has 1 aromatic rings. The minimum atomic E-state index is 0.351. The lowest BCUT2D eigenvalue weighted by atomic mass is 10.1. The molecule has 0 N–H and O–H groups in total. The van der Waals surface area contributed by atoms with Gasteiger partial charge in [0.05, 0.1) is 0 Å². The first-order chi connectivity index (χ1) is 6.38. The van der Waals surface area contributed by atoms with Gasteiger partial charge in [-0.25, -0.2) is 0 Å². The van der Waals surface area contributed by atoms with E-state index in [1.165, 1.54) is 31.5 Å². The van der Waals surface area contributed by atoms with Gasteiger partial charge in [-0.15, -0.1) is 0 Å². The largest absolute Gasteiger partial charge is 0.296 e. The van der Waals surface area contributed by atoms with Crippen LogP contribution >= 0.6 is 0 Å². The molecular formula is C12H16N. The molecule has 1 nitrogen and oxygen atoms in total. The van der Waals surface area contributed by atoms with Gasteiger partial charge < -0.3 is 0 Å². The van der Waals surface area contributed by atoms with E-state index in [1.807, 2.05) is 0 Å². The van der Waals surface area contributed by atoms with Crippen molar-refractivity contribution in [3.63, 3.8) is 0 Å². The molecule has 1 unspecified atom stereocenters. The Hall–Kier alpha value is -0.820. The van der Waals surface area contributed by atoms with Crippen LogP contribution in [0.5, 0.6) is 0 Å². The van der Waals surface area contributed by atoms with E-state index < -0.39 is 0 Å². The van der Waals surface area contributed by atoms with Crippen LogP contribution in [0.2, 0.25) is 0 Å². The Balaban J connectivity index is 2.08. The zero-order chi connectivity index (χ0) is 9.10. The van der Waals surface area contributed by atoms with Crippen LogP contribution in [0, 0.1) is 6.92 Å². The van der Waals surface area contributed by atoms with E-state index in [2.05, 4.69) is 42.2 Å². The van der Waals surface area contributed by atoms with Crippen LogP contribution < -0.4 is 0 Å². The first-order valence-corrected chi connectivity index (χ1v) is 5.00.